The largest absolute Gasteiger partial charge is 0.486 e. The van der Waals surface area contributed by atoms with Gasteiger partial charge in [0.25, 0.3) is 0 Å². The summed E-state index contributed by atoms with van der Waals surface area (Å²) in [5.74, 6) is 0.227. The van der Waals surface area contributed by atoms with Gasteiger partial charge in [-0.2, -0.15) is 0 Å². The number of rotatable bonds is 4. The highest BCUT2D eigenvalue weighted by Gasteiger charge is 2.13. The van der Waals surface area contributed by atoms with E-state index < -0.39 is 0 Å². The van der Waals surface area contributed by atoms with Crippen LogP contribution in [0, 0.1) is 0 Å². The number of nitrogens with zero attached hydrogens (tertiary/aromatic N) is 2. The van der Waals surface area contributed by atoms with Crippen LogP contribution < -0.4 is 4.74 Å². The molecule has 0 amide bonds. The number of hydrogen-bond acceptors (Lipinski definition) is 4. The Morgan fingerprint density at radius 1 is 1.07 bits per heavy atom. The standard InChI is InChI=1S/C7H7Cl3N2O2/c1-13-2-3-14-5-4(8)6(9)11-12-7(5)10/h2-3H2,1H3. The summed E-state index contributed by atoms with van der Waals surface area (Å²) in [6.45, 7) is 0.741. The van der Waals surface area contributed by atoms with E-state index in [9.17, 15) is 0 Å². The summed E-state index contributed by atoms with van der Waals surface area (Å²) in [5.41, 5.74) is 0. The van der Waals surface area contributed by atoms with E-state index in [0.29, 0.717) is 13.2 Å². The van der Waals surface area contributed by atoms with Crippen LogP contribution in [-0.4, -0.2) is 30.5 Å². The molecule has 0 aliphatic heterocycles. The minimum atomic E-state index is 0.0588. The number of aromatic nitrogens is 2. The maximum atomic E-state index is 5.79. The van der Waals surface area contributed by atoms with Crippen molar-refractivity contribution in [3.8, 4) is 5.75 Å². The van der Waals surface area contributed by atoms with Gasteiger partial charge in [0.05, 0.1) is 6.61 Å². The Labute approximate surface area is 96.1 Å². The van der Waals surface area contributed by atoms with Crippen LogP contribution in [0.2, 0.25) is 15.3 Å². The van der Waals surface area contributed by atoms with Gasteiger partial charge < -0.3 is 9.47 Å². The lowest BCUT2D eigenvalue weighted by atomic mass is 10.5. The molecule has 0 aliphatic carbocycles. The fourth-order valence-electron chi connectivity index (χ4n) is 0.711. The molecule has 0 radical (unpaired) electrons. The van der Waals surface area contributed by atoms with E-state index in [1.54, 1.807) is 7.11 Å². The summed E-state index contributed by atoms with van der Waals surface area (Å²) in [5, 5.41) is 7.35. The van der Waals surface area contributed by atoms with Gasteiger partial charge in [0, 0.05) is 7.11 Å². The van der Waals surface area contributed by atoms with Crippen LogP contribution in [0.15, 0.2) is 0 Å². The maximum Gasteiger partial charge on any atom is 0.195 e. The van der Waals surface area contributed by atoms with Crippen molar-refractivity contribution in [3.05, 3.63) is 15.3 Å². The van der Waals surface area contributed by atoms with Crippen LogP contribution in [0.3, 0.4) is 0 Å². The quantitative estimate of drug-likeness (QED) is 0.777. The predicted octanol–water partition coefficient (Wildman–Crippen LogP) is 2.46. The van der Waals surface area contributed by atoms with Gasteiger partial charge in [0.2, 0.25) is 0 Å². The molecule has 1 heterocycles. The molecular weight excluding hydrogens is 250 g/mol. The zero-order chi connectivity index (χ0) is 10.6. The van der Waals surface area contributed by atoms with Crippen LogP contribution in [0.4, 0.5) is 0 Å². The van der Waals surface area contributed by atoms with Gasteiger partial charge in [0.1, 0.15) is 11.6 Å². The molecule has 0 fully saturated rings. The molecule has 0 bridgehead atoms. The van der Waals surface area contributed by atoms with E-state index in [4.69, 9.17) is 44.3 Å². The zero-order valence-electron chi connectivity index (χ0n) is 7.26. The molecule has 0 atom stereocenters. The number of methoxy groups -OCH3 is 1. The van der Waals surface area contributed by atoms with Crippen molar-refractivity contribution in [2.24, 2.45) is 0 Å². The fourth-order valence-corrected chi connectivity index (χ4v) is 1.25. The Hall–Kier alpha value is -0.290. The van der Waals surface area contributed by atoms with E-state index in [1.165, 1.54) is 0 Å². The smallest absolute Gasteiger partial charge is 0.195 e. The molecule has 14 heavy (non-hydrogen) atoms. The van der Waals surface area contributed by atoms with Crippen LogP contribution in [0.25, 0.3) is 0 Å². The van der Waals surface area contributed by atoms with Gasteiger partial charge in [-0.05, 0) is 0 Å². The molecular formula is C7H7Cl3N2O2. The molecule has 7 heteroatoms. The third-order valence-corrected chi connectivity index (χ3v) is 2.29. The van der Waals surface area contributed by atoms with E-state index in [0.717, 1.165) is 0 Å². The summed E-state index contributed by atoms with van der Waals surface area (Å²) in [6.07, 6.45) is 0. The van der Waals surface area contributed by atoms with Gasteiger partial charge >= 0.3 is 0 Å². The molecule has 0 aliphatic rings. The second kappa shape index (κ2) is 5.56. The highest BCUT2D eigenvalue weighted by molar-refractivity contribution is 6.43. The topological polar surface area (TPSA) is 44.2 Å². The van der Waals surface area contributed by atoms with Gasteiger partial charge in [-0.25, -0.2) is 0 Å². The van der Waals surface area contributed by atoms with Crippen LogP contribution in [-0.2, 0) is 4.74 Å². The molecule has 0 aromatic carbocycles. The minimum absolute atomic E-state index is 0.0588. The number of hydrogen-bond donors (Lipinski definition) is 0. The van der Waals surface area contributed by atoms with E-state index in [1.807, 2.05) is 0 Å². The second-order valence-electron chi connectivity index (χ2n) is 2.27. The lowest BCUT2D eigenvalue weighted by Crippen LogP contribution is -2.06. The second-order valence-corrected chi connectivity index (χ2v) is 3.36. The van der Waals surface area contributed by atoms with Crippen molar-refractivity contribution in [2.75, 3.05) is 20.3 Å². The SMILES string of the molecule is COCCOc1c(Cl)nnc(Cl)c1Cl. The van der Waals surface area contributed by atoms with E-state index >= 15 is 0 Å². The lowest BCUT2D eigenvalue weighted by Gasteiger charge is -2.08. The van der Waals surface area contributed by atoms with Crippen molar-refractivity contribution >= 4 is 34.8 Å². The average molecular weight is 258 g/mol. The molecule has 0 saturated heterocycles. The molecule has 0 N–H and O–H groups in total. The Morgan fingerprint density at radius 2 is 1.71 bits per heavy atom. The minimum Gasteiger partial charge on any atom is -0.486 e. The first kappa shape index (κ1) is 11.8. The first-order valence-electron chi connectivity index (χ1n) is 3.65. The normalized spacial score (nSPS) is 10.3. The molecule has 0 spiro atoms. The van der Waals surface area contributed by atoms with Gasteiger partial charge in [-0.15, -0.1) is 10.2 Å². The summed E-state index contributed by atoms with van der Waals surface area (Å²) in [7, 11) is 1.56. The summed E-state index contributed by atoms with van der Waals surface area (Å²) in [6, 6.07) is 0. The summed E-state index contributed by atoms with van der Waals surface area (Å²) in [4.78, 5) is 0. The summed E-state index contributed by atoms with van der Waals surface area (Å²) < 4.78 is 10.0. The average Bonchev–Trinajstić information content (AvgIpc) is 2.18. The first-order valence-corrected chi connectivity index (χ1v) is 4.79. The van der Waals surface area contributed by atoms with Crippen molar-refractivity contribution in [2.45, 2.75) is 0 Å². The monoisotopic (exact) mass is 256 g/mol. The predicted molar refractivity (Wildman–Crippen MR) is 54.4 cm³/mol. The molecule has 1 aromatic heterocycles. The van der Waals surface area contributed by atoms with Crippen molar-refractivity contribution in [1.29, 1.82) is 0 Å². The third-order valence-electron chi connectivity index (χ3n) is 1.33. The van der Waals surface area contributed by atoms with Gasteiger partial charge in [0.15, 0.2) is 16.1 Å². The molecule has 78 valence electrons. The highest BCUT2D eigenvalue weighted by atomic mass is 35.5. The zero-order valence-corrected chi connectivity index (χ0v) is 9.53. The maximum absolute atomic E-state index is 5.79. The third kappa shape index (κ3) is 2.85. The highest BCUT2D eigenvalue weighted by Crippen LogP contribution is 2.34. The first-order chi connectivity index (χ1) is 6.66. The van der Waals surface area contributed by atoms with Crippen molar-refractivity contribution in [3.63, 3.8) is 0 Å². The van der Waals surface area contributed by atoms with Crippen LogP contribution in [0.5, 0.6) is 5.75 Å². The fraction of sp³-hybridized carbons (Fsp3) is 0.429. The molecule has 4 nitrogen and oxygen atoms in total. The Balaban J connectivity index is 2.79. The number of halogens is 3. The lowest BCUT2D eigenvalue weighted by molar-refractivity contribution is 0.146. The Kier molecular flexibility index (Phi) is 4.68. The summed E-state index contributed by atoms with van der Waals surface area (Å²) >= 11 is 17.1. The van der Waals surface area contributed by atoms with E-state index in [-0.39, 0.29) is 21.1 Å². The molecule has 0 saturated carbocycles. The molecule has 0 unspecified atom stereocenters. The van der Waals surface area contributed by atoms with Gasteiger partial charge in [-0.3, -0.25) is 0 Å². The molecule has 1 rings (SSSR count). The number of ether oxygens (including phenoxy) is 2. The Morgan fingerprint density at radius 3 is 2.36 bits per heavy atom. The van der Waals surface area contributed by atoms with Crippen LogP contribution in [0.1, 0.15) is 0 Å². The van der Waals surface area contributed by atoms with E-state index in [2.05, 4.69) is 10.2 Å². The van der Waals surface area contributed by atoms with Crippen molar-refractivity contribution < 1.29 is 9.47 Å². The van der Waals surface area contributed by atoms with Gasteiger partial charge in [-0.1, -0.05) is 34.8 Å². The van der Waals surface area contributed by atoms with Crippen LogP contribution >= 0.6 is 34.8 Å². The van der Waals surface area contributed by atoms with Crippen molar-refractivity contribution in [1.82, 2.24) is 10.2 Å². The Bertz CT molecular complexity index is 322. The molecule has 1 aromatic rings.